The molecule has 0 fully saturated rings. The molecule has 4 aromatic rings. The molecule has 2 aromatic carbocycles. The molecule has 136 valence electrons. The molecule has 0 N–H and O–H groups in total. The van der Waals surface area contributed by atoms with Gasteiger partial charge in [0.15, 0.2) is 0 Å². The first kappa shape index (κ1) is 17.5. The Morgan fingerprint density at radius 2 is 1.52 bits per heavy atom. The predicted octanol–water partition coefficient (Wildman–Crippen LogP) is 5.80. The maximum absolute atomic E-state index is 4.77. The molecule has 0 spiro atoms. The van der Waals surface area contributed by atoms with Crippen molar-refractivity contribution in [1.82, 2.24) is 9.55 Å². The maximum atomic E-state index is 4.77. The van der Waals surface area contributed by atoms with Gasteiger partial charge >= 0.3 is 0 Å². The van der Waals surface area contributed by atoms with Gasteiger partial charge in [-0.25, -0.2) is 0 Å². The van der Waals surface area contributed by atoms with Crippen LogP contribution in [0.4, 0.5) is 0 Å². The molecule has 0 amide bonds. The minimum atomic E-state index is 0.889. The van der Waals surface area contributed by atoms with Crippen molar-refractivity contribution in [3.63, 3.8) is 0 Å². The van der Waals surface area contributed by atoms with E-state index in [1.165, 1.54) is 44.5 Å². The largest absolute Gasteiger partial charge is 0.339 e. The third-order valence-electron chi connectivity index (χ3n) is 5.58. The molecule has 0 aliphatic heterocycles. The van der Waals surface area contributed by atoms with Crippen LogP contribution < -0.4 is 0 Å². The minimum Gasteiger partial charge on any atom is -0.339 e. The number of hydrogen-bond donors (Lipinski definition) is 0. The summed E-state index contributed by atoms with van der Waals surface area (Å²) in [6.07, 6.45) is 3.93. The van der Waals surface area contributed by atoms with E-state index in [4.69, 9.17) is 4.98 Å². The predicted molar refractivity (Wildman–Crippen MR) is 113 cm³/mol. The van der Waals surface area contributed by atoms with E-state index in [1.807, 2.05) is 6.20 Å². The topological polar surface area (TPSA) is 17.8 Å². The third-order valence-corrected chi connectivity index (χ3v) is 5.58. The molecule has 0 saturated heterocycles. The summed E-state index contributed by atoms with van der Waals surface area (Å²) in [4.78, 5) is 4.77. The van der Waals surface area contributed by atoms with Crippen molar-refractivity contribution in [2.75, 3.05) is 0 Å². The molecule has 4 rings (SSSR count). The lowest BCUT2D eigenvalue weighted by molar-refractivity contribution is 0.788. The number of nitrogens with zero attached hydrogens (tertiary/aromatic N) is 2. The first-order valence-electron chi connectivity index (χ1n) is 9.66. The molecule has 0 radical (unpaired) electrons. The number of fused-ring (bicyclic) bond motifs is 1. The van der Waals surface area contributed by atoms with E-state index in [0.29, 0.717) is 0 Å². The van der Waals surface area contributed by atoms with Crippen LogP contribution in [0.15, 0.2) is 66.9 Å². The highest BCUT2D eigenvalue weighted by Gasteiger charge is 2.15. The fourth-order valence-corrected chi connectivity index (χ4v) is 3.83. The van der Waals surface area contributed by atoms with Crippen molar-refractivity contribution in [3.05, 3.63) is 101 Å². The molecule has 0 bridgehead atoms. The Morgan fingerprint density at radius 1 is 0.778 bits per heavy atom. The summed E-state index contributed by atoms with van der Waals surface area (Å²) in [6.45, 7) is 7.48. The zero-order valence-corrected chi connectivity index (χ0v) is 16.4. The molecule has 0 saturated carbocycles. The summed E-state index contributed by atoms with van der Waals surface area (Å²) in [7, 11) is 0. The standard InChI is InChI=1S/C25H26N2/c1-18-9-11-22(12-10-18)17-27-20(3)19(2)23-15-16-26-24(25(23)27)14-13-21-7-5-4-6-8-21/h4-12,15-16H,13-14,17H2,1-3H3. The van der Waals surface area contributed by atoms with E-state index in [1.54, 1.807) is 0 Å². The van der Waals surface area contributed by atoms with E-state index in [0.717, 1.165) is 19.4 Å². The van der Waals surface area contributed by atoms with Crippen LogP contribution in [0.25, 0.3) is 10.9 Å². The summed E-state index contributed by atoms with van der Waals surface area (Å²) < 4.78 is 2.45. The molecule has 2 heteroatoms. The van der Waals surface area contributed by atoms with Gasteiger partial charge in [-0.05, 0) is 56.4 Å². The molecular formula is C25H26N2. The number of aryl methyl sites for hydroxylation is 4. The van der Waals surface area contributed by atoms with Gasteiger partial charge in [-0.2, -0.15) is 0 Å². The number of hydrogen-bond acceptors (Lipinski definition) is 1. The Labute approximate surface area is 161 Å². The van der Waals surface area contributed by atoms with Gasteiger partial charge in [-0.1, -0.05) is 60.2 Å². The molecule has 2 nitrogen and oxygen atoms in total. The van der Waals surface area contributed by atoms with Gasteiger partial charge in [0, 0.05) is 23.8 Å². The van der Waals surface area contributed by atoms with E-state index in [9.17, 15) is 0 Å². The van der Waals surface area contributed by atoms with Crippen LogP contribution in [0.3, 0.4) is 0 Å². The minimum absolute atomic E-state index is 0.889. The smallest absolute Gasteiger partial charge is 0.0707 e. The van der Waals surface area contributed by atoms with Crippen LogP contribution >= 0.6 is 0 Å². The summed E-state index contributed by atoms with van der Waals surface area (Å²) in [5.41, 5.74) is 9.18. The van der Waals surface area contributed by atoms with Crippen LogP contribution in [-0.2, 0) is 19.4 Å². The van der Waals surface area contributed by atoms with Crippen LogP contribution in [0.1, 0.15) is 33.6 Å². The lowest BCUT2D eigenvalue weighted by Crippen LogP contribution is -2.05. The molecule has 0 aliphatic rings. The summed E-state index contributed by atoms with van der Waals surface area (Å²) in [5, 5.41) is 1.33. The number of benzene rings is 2. The highest BCUT2D eigenvalue weighted by Crippen LogP contribution is 2.28. The van der Waals surface area contributed by atoms with Crippen molar-refractivity contribution >= 4 is 10.9 Å². The maximum Gasteiger partial charge on any atom is 0.0707 e. The SMILES string of the molecule is Cc1ccc(Cn2c(C)c(C)c3ccnc(CCc4ccccc4)c32)cc1. The van der Waals surface area contributed by atoms with Gasteiger partial charge in [0.05, 0.1) is 11.2 Å². The molecule has 2 heterocycles. The first-order chi connectivity index (χ1) is 13.1. The zero-order valence-electron chi connectivity index (χ0n) is 16.4. The summed E-state index contributed by atoms with van der Waals surface area (Å²) in [5.74, 6) is 0. The van der Waals surface area contributed by atoms with Crippen LogP contribution in [0, 0.1) is 20.8 Å². The number of rotatable bonds is 5. The lowest BCUT2D eigenvalue weighted by Gasteiger charge is -2.12. The fraction of sp³-hybridized carbons (Fsp3) is 0.240. The average molecular weight is 354 g/mol. The van der Waals surface area contributed by atoms with E-state index >= 15 is 0 Å². The molecule has 0 atom stereocenters. The van der Waals surface area contributed by atoms with Crippen molar-refractivity contribution in [2.45, 2.75) is 40.2 Å². The van der Waals surface area contributed by atoms with Crippen molar-refractivity contribution in [3.8, 4) is 0 Å². The summed E-state index contributed by atoms with van der Waals surface area (Å²) >= 11 is 0. The number of aromatic nitrogens is 2. The van der Waals surface area contributed by atoms with Gasteiger partial charge in [0.25, 0.3) is 0 Å². The monoisotopic (exact) mass is 354 g/mol. The Morgan fingerprint density at radius 3 is 2.26 bits per heavy atom. The van der Waals surface area contributed by atoms with Crippen molar-refractivity contribution in [1.29, 1.82) is 0 Å². The Kier molecular flexibility index (Phi) is 4.81. The zero-order chi connectivity index (χ0) is 18.8. The quantitative estimate of drug-likeness (QED) is 0.443. The second-order valence-electron chi connectivity index (χ2n) is 7.42. The highest BCUT2D eigenvalue weighted by atomic mass is 15.0. The first-order valence-corrected chi connectivity index (χ1v) is 9.66. The Bertz CT molecular complexity index is 1060. The van der Waals surface area contributed by atoms with E-state index in [-0.39, 0.29) is 0 Å². The molecule has 0 unspecified atom stereocenters. The van der Waals surface area contributed by atoms with Crippen molar-refractivity contribution < 1.29 is 0 Å². The third kappa shape index (κ3) is 3.52. The molecule has 27 heavy (non-hydrogen) atoms. The van der Waals surface area contributed by atoms with Gasteiger partial charge in [0.2, 0.25) is 0 Å². The second kappa shape index (κ2) is 7.40. The highest BCUT2D eigenvalue weighted by molar-refractivity contribution is 5.87. The van der Waals surface area contributed by atoms with Crippen molar-refractivity contribution in [2.24, 2.45) is 0 Å². The van der Waals surface area contributed by atoms with Crippen LogP contribution in [0.2, 0.25) is 0 Å². The fourth-order valence-electron chi connectivity index (χ4n) is 3.83. The average Bonchev–Trinajstić information content (AvgIpc) is 2.94. The van der Waals surface area contributed by atoms with Gasteiger partial charge in [-0.15, -0.1) is 0 Å². The Balaban J connectivity index is 1.73. The molecular weight excluding hydrogens is 328 g/mol. The molecule has 0 aliphatic carbocycles. The Hall–Kier alpha value is -2.87. The molecule has 2 aromatic heterocycles. The van der Waals surface area contributed by atoms with Gasteiger partial charge < -0.3 is 4.57 Å². The van der Waals surface area contributed by atoms with Gasteiger partial charge in [0.1, 0.15) is 0 Å². The lowest BCUT2D eigenvalue weighted by atomic mass is 10.1. The van der Waals surface area contributed by atoms with E-state index in [2.05, 4.69) is 86.0 Å². The van der Waals surface area contributed by atoms with E-state index < -0.39 is 0 Å². The van der Waals surface area contributed by atoms with Gasteiger partial charge in [-0.3, -0.25) is 4.98 Å². The second-order valence-corrected chi connectivity index (χ2v) is 7.42. The van der Waals surface area contributed by atoms with Crippen LogP contribution in [0.5, 0.6) is 0 Å². The summed E-state index contributed by atoms with van der Waals surface area (Å²) in [6, 6.07) is 21.7. The normalized spacial score (nSPS) is 11.2. The number of pyridine rings is 1. The van der Waals surface area contributed by atoms with Crippen LogP contribution in [-0.4, -0.2) is 9.55 Å².